The summed E-state index contributed by atoms with van der Waals surface area (Å²) < 4.78 is 19.2. The van der Waals surface area contributed by atoms with Crippen LogP contribution in [0.2, 0.25) is 0 Å². The van der Waals surface area contributed by atoms with Crippen LogP contribution in [0.1, 0.15) is 5.56 Å². The van der Waals surface area contributed by atoms with Gasteiger partial charge in [0.25, 0.3) is 0 Å². The van der Waals surface area contributed by atoms with Crippen LogP contribution in [0.15, 0.2) is 40.5 Å². The molecular weight excluding hydrogens is 277 g/mol. The van der Waals surface area contributed by atoms with E-state index in [1.807, 2.05) is 0 Å². The summed E-state index contributed by atoms with van der Waals surface area (Å²) in [6, 6.07) is 4.39. The second-order valence-electron chi connectivity index (χ2n) is 2.97. The number of nitrogens with zero attached hydrogens (tertiary/aromatic N) is 1. The molecule has 5 heteroatoms. The minimum absolute atomic E-state index is 0.0237. The maximum Gasteiger partial charge on any atom is 0.132 e. The Morgan fingerprint density at radius 3 is 3.00 bits per heavy atom. The van der Waals surface area contributed by atoms with Gasteiger partial charge in [0.1, 0.15) is 11.5 Å². The number of ether oxygens (including phenoxy) is 1. The Morgan fingerprint density at radius 1 is 1.62 bits per heavy atom. The first-order valence-corrected chi connectivity index (χ1v) is 5.33. The lowest BCUT2D eigenvalue weighted by Crippen LogP contribution is -2.12. The minimum atomic E-state index is -0.460. The molecule has 0 saturated carbocycles. The standard InChI is InChI=1S/C11H11BrFNO2/c1-2-5-16-7-11(14-15)9-6-8(12)3-4-10(9)13/h2-4,6,15H,1,5,7H2/b14-11+. The topological polar surface area (TPSA) is 41.8 Å². The van der Waals surface area contributed by atoms with Crippen LogP contribution in [-0.4, -0.2) is 24.1 Å². The first-order chi connectivity index (χ1) is 7.69. The van der Waals surface area contributed by atoms with Crippen molar-refractivity contribution in [1.29, 1.82) is 0 Å². The molecule has 0 aliphatic carbocycles. The van der Waals surface area contributed by atoms with E-state index in [9.17, 15) is 4.39 Å². The lowest BCUT2D eigenvalue weighted by Gasteiger charge is -2.06. The molecule has 0 radical (unpaired) electrons. The molecule has 86 valence electrons. The molecule has 0 atom stereocenters. The van der Waals surface area contributed by atoms with E-state index in [1.54, 1.807) is 12.1 Å². The highest BCUT2D eigenvalue weighted by atomic mass is 79.9. The van der Waals surface area contributed by atoms with Crippen LogP contribution < -0.4 is 0 Å². The number of hydrogen-bond donors (Lipinski definition) is 1. The third-order valence-corrected chi connectivity index (χ3v) is 2.33. The van der Waals surface area contributed by atoms with Crippen molar-refractivity contribution in [2.45, 2.75) is 0 Å². The minimum Gasteiger partial charge on any atom is -0.411 e. The first kappa shape index (κ1) is 12.9. The first-order valence-electron chi connectivity index (χ1n) is 4.54. The lowest BCUT2D eigenvalue weighted by molar-refractivity contribution is 0.200. The quantitative estimate of drug-likeness (QED) is 0.297. The third-order valence-electron chi connectivity index (χ3n) is 1.83. The van der Waals surface area contributed by atoms with Gasteiger partial charge in [-0.15, -0.1) is 6.58 Å². The van der Waals surface area contributed by atoms with Crippen LogP contribution in [0.25, 0.3) is 0 Å². The second-order valence-corrected chi connectivity index (χ2v) is 3.89. The fourth-order valence-corrected chi connectivity index (χ4v) is 1.48. The molecule has 1 rings (SSSR count). The van der Waals surface area contributed by atoms with Crippen molar-refractivity contribution in [1.82, 2.24) is 0 Å². The smallest absolute Gasteiger partial charge is 0.132 e. The molecule has 0 bridgehead atoms. The van der Waals surface area contributed by atoms with Crippen molar-refractivity contribution in [3.05, 3.63) is 46.7 Å². The highest BCUT2D eigenvalue weighted by molar-refractivity contribution is 9.10. The molecule has 0 fully saturated rings. The van der Waals surface area contributed by atoms with Gasteiger partial charge < -0.3 is 9.94 Å². The van der Waals surface area contributed by atoms with Crippen LogP contribution in [0.4, 0.5) is 4.39 Å². The van der Waals surface area contributed by atoms with Gasteiger partial charge in [-0.1, -0.05) is 27.2 Å². The van der Waals surface area contributed by atoms with Crippen molar-refractivity contribution in [3.8, 4) is 0 Å². The summed E-state index contributed by atoms with van der Waals surface area (Å²) >= 11 is 3.22. The van der Waals surface area contributed by atoms with Crippen molar-refractivity contribution in [3.63, 3.8) is 0 Å². The SMILES string of the molecule is C=CCOC/C(=N\O)c1cc(Br)ccc1F. The molecule has 0 spiro atoms. The third kappa shape index (κ3) is 3.43. The van der Waals surface area contributed by atoms with Crippen LogP contribution >= 0.6 is 15.9 Å². The molecule has 1 N–H and O–H groups in total. The summed E-state index contributed by atoms with van der Waals surface area (Å²) in [5, 5.41) is 11.8. The highest BCUT2D eigenvalue weighted by Gasteiger charge is 2.10. The predicted octanol–water partition coefficient (Wildman–Crippen LogP) is 2.97. The molecule has 0 aliphatic rings. The normalized spacial score (nSPS) is 11.5. The zero-order valence-corrected chi connectivity index (χ0v) is 10.1. The summed E-state index contributed by atoms with van der Waals surface area (Å²) in [6.07, 6.45) is 1.56. The number of halogens is 2. The molecular formula is C11H11BrFNO2. The van der Waals surface area contributed by atoms with Crippen LogP contribution in [0.5, 0.6) is 0 Å². The molecule has 0 aliphatic heterocycles. The Hall–Kier alpha value is -1.20. The molecule has 0 aromatic heterocycles. The summed E-state index contributed by atoms with van der Waals surface area (Å²) in [5.41, 5.74) is 0.349. The summed E-state index contributed by atoms with van der Waals surface area (Å²) in [6.45, 7) is 3.82. The number of oxime groups is 1. The van der Waals surface area contributed by atoms with Crippen molar-refractivity contribution < 1.29 is 14.3 Å². The maximum atomic E-state index is 13.4. The van der Waals surface area contributed by atoms with Gasteiger partial charge >= 0.3 is 0 Å². The van der Waals surface area contributed by atoms with Crippen molar-refractivity contribution in [2.75, 3.05) is 13.2 Å². The average molecular weight is 288 g/mol. The Balaban J connectivity index is 2.87. The second kappa shape index (κ2) is 6.40. The van der Waals surface area contributed by atoms with Gasteiger partial charge in [-0.3, -0.25) is 0 Å². The molecule has 1 aromatic rings. The van der Waals surface area contributed by atoms with Gasteiger partial charge in [0.2, 0.25) is 0 Å². The number of hydrogen-bond acceptors (Lipinski definition) is 3. The maximum absolute atomic E-state index is 13.4. The van der Waals surface area contributed by atoms with E-state index in [0.29, 0.717) is 11.1 Å². The van der Waals surface area contributed by atoms with Gasteiger partial charge in [-0.05, 0) is 18.2 Å². The number of benzene rings is 1. The Kier molecular flexibility index (Phi) is 5.14. The zero-order chi connectivity index (χ0) is 12.0. The van der Waals surface area contributed by atoms with E-state index in [2.05, 4.69) is 27.7 Å². The molecule has 16 heavy (non-hydrogen) atoms. The number of rotatable bonds is 5. The van der Waals surface area contributed by atoms with E-state index >= 15 is 0 Å². The van der Waals surface area contributed by atoms with E-state index in [-0.39, 0.29) is 17.9 Å². The van der Waals surface area contributed by atoms with Crippen LogP contribution in [0.3, 0.4) is 0 Å². The van der Waals surface area contributed by atoms with Gasteiger partial charge in [0, 0.05) is 10.0 Å². The zero-order valence-electron chi connectivity index (χ0n) is 8.49. The average Bonchev–Trinajstić information content (AvgIpc) is 2.28. The molecule has 0 amide bonds. The monoisotopic (exact) mass is 287 g/mol. The van der Waals surface area contributed by atoms with Gasteiger partial charge in [0.05, 0.1) is 13.2 Å². The van der Waals surface area contributed by atoms with Gasteiger partial charge in [-0.25, -0.2) is 4.39 Å². The molecule has 3 nitrogen and oxygen atoms in total. The molecule has 0 heterocycles. The Morgan fingerprint density at radius 2 is 2.38 bits per heavy atom. The van der Waals surface area contributed by atoms with E-state index in [4.69, 9.17) is 9.94 Å². The van der Waals surface area contributed by atoms with Crippen molar-refractivity contribution >= 4 is 21.6 Å². The lowest BCUT2D eigenvalue weighted by atomic mass is 10.1. The van der Waals surface area contributed by atoms with Gasteiger partial charge in [-0.2, -0.15) is 0 Å². The summed E-state index contributed by atoms with van der Waals surface area (Å²) in [4.78, 5) is 0. The fraction of sp³-hybridized carbons (Fsp3) is 0.182. The Labute approximate surface area is 101 Å². The fourth-order valence-electron chi connectivity index (χ4n) is 1.12. The van der Waals surface area contributed by atoms with Crippen LogP contribution in [-0.2, 0) is 4.74 Å². The van der Waals surface area contributed by atoms with Crippen LogP contribution in [0, 0.1) is 5.82 Å². The molecule has 1 aromatic carbocycles. The van der Waals surface area contributed by atoms with Crippen molar-refractivity contribution in [2.24, 2.45) is 5.16 Å². The van der Waals surface area contributed by atoms with E-state index in [0.717, 1.165) is 0 Å². The summed E-state index contributed by atoms with van der Waals surface area (Å²) in [7, 11) is 0. The van der Waals surface area contributed by atoms with E-state index in [1.165, 1.54) is 12.1 Å². The summed E-state index contributed by atoms with van der Waals surface area (Å²) in [5.74, 6) is -0.460. The van der Waals surface area contributed by atoms with E-state index < -0.39 is 5.82 Å². The molecule has 0 unspecified atom stereocenters. The van der Waals surface area contributed by atoms with Gasteiger partial charge in [0.15, 0.2) is 0 Å². The Bertz CT molecular complexity index is 407. The predicted molar refractivity (Wildman–Crippen MR) is 63.4 cm³/mol. The highest BCUT2D eigenvalue weighted by Crippen LogP contribution is 2.16. The molecule has 0 saturated heterocycles. The largest absolute Gasteiger partial charge is 0.411 e.